The van der Waals surface area contributed by atoms with Crippen molar-refractivity contribution in [2.45, 2.75) is 31.7 Å². The number of carbonyl (C=O) groups is 1. The highest BCUT2D eigenvalue weighted by atomic mass is 32.1. The van der Waals surface area contributed by atoms with Crippen molar-refractivity contribution in [1.82, 2.24) is 4.90 Å². The molecule has 1 heterocycles. The van der Waals surface area contributed by atoms with Crippen LogP contribution in [-0.2, 0) is 30.4 Å². The van der Waals surface area contributed by atoms with Crippen molar-refractivity contribution in [3.8, 4) is 0 Å². The third-order valence-corrected chi connectivity index (χ3v) is 5.24. The van der Waals surface area contributed by atoms with Gasteiger partial charge in [0.1, 0.15) is 6.61 Å². The van der Waals surface area contributed by atoms with E-state index < -0.39 is 17.8 Å². The Kier molecular flexibility index (Phi) is 4.54. The fourth-order valence-electron chi connectivity index (χ4n) is 2.82. The molecule has 2 aromatic rings. The number of thiophene rings is 1. The summed E-state index contributed by atoms with van der Waals surface area (Å²) in [6, 6.07) is 8.96. The second kappa shape index (κ2) is 6.47. The Morgan fingerprint density at radius 1 is 1.29 bits per heavy atom. The summed E-state index contributed by atoms with van der Waals surface area (Å²) in [7, 11) is 1.57. The lowest BCUT2D eigenvalue weighted by molar-refractivity contribution is -0.137. The van der Waals surface area contributed by atoms with Crippen molar-refractivity contribution in [3.05, 3.63) is 57.3 Å². The first-order valence-electron chi connectivity index (χ1n) is 7.46. The van der Waals surface area contributed by atoms with Crippen LogP contribution in [0.15, 0.2) is 35.7 Å². The first-order valence-corrected chi connectivity index (χ1v) is 8.34. The van der Waals surface area contributed by atoms with Gasteiger partial charge in [0.05, 0.1) is 5.56 Å². The van der Waals surface area contributed by atoms with Crippen LogP contribution in [0.3, 0.4) is 0 Å². The van der Waals surface area contributed by atoms with Gasteiger partial charge in [-0.25, -0.2) is 4.79 Å². The molecule has 3 rings (SSSR count). The lowest BCUT2D eigenvalue weighted by Crippen LogP contribution is -2.38. The summed E-state index contributed by atoms with van der Waals surface area (Å²) < 4.78 is 44.2. The topological polar surface area (TPSA) is 29.5 Å². The highest BCUT2D eigenvalue weighted by molar-refractivity contribution is 7.10. The van der Waals surface area contributed by atoms with Gasteiger partial charge in [0, 0.05) is 29.8 Å². The number of halogens is 3. The van der Waals surface area contributed by atoms with Gasteiger partial charge in [-0.05, 0) is 17.5 Å². The molecule has 1 atom stereocenters. The summed E-state index contributed by atoms with van der Waals surface area (Å²) in [6.45, 7) is 0.145. The molecule has 0 spiro atoms. The van der Waals surface area contributed by atoms with Crippen LogP contribution in [0, 0.1) is 0 Å². The molecule has 1 amide bonds. The second-order valence-corrected chi connectivity index (χ2v) is 6.73. The lowest BCUT2D eigenvalue weighted by atomic mass is 10.1. The highest BCUT2D eigenvalue weighted by Crippen LogP contribution is 2.41. The first-order chi connectivity index (χ1) is 11.4. The van der Waals surface area contributed by atoms with Gasteiger partial charge in [0.15, 0.2) is 0 Å². The standard InChI is InChI=1S/C17H16F3NO2S/c1-21(16(22)23-9-11-5-3-2-4-6-11)12-7-13-14(17(18,19)20)10-24-15(13)8-12/h2-6,10,12H,7-9H2,1H3. The van der Waals surface area contributed by atoms with Gasteiger partial charge in [0.2, 0.25) is 0 Å². The largest absolute Gasteiger partial charge is 0.445 e. The SMILES string of the molecule is CN(C(=O)OCc1ccccc1)C1Cc2scc(C(F)(F)F)c2C1. The van der Waals surface area contributed by atoms with Gasteiger partial charge in [-0.2, -0.15) is 13.2 Å². The average Bonchev–Trinajstić information content (AvgIpc) is 3.12. The van der Waals surface area contributed by atoms with Crippen molar-refractivity contribution in [1.29, 1.82) is 0 Å². The van der Waals surface area contributed by atoms with Crippen LogP contribution in [-0.4, -0.2) is 24.1 Å². The summed E-state index contributed by atoms with van der Waals surface area (Å²) in [5, 5.41) is 1.16. The molecule has 1 unspecified atom stereocenters. The third kappa shape index (κ3) is 3.40. The predicted molar refractivity (Wildman–Crippen MR) is 84.9 cm³/mol. The molecular weight excluding hydrogens is 339 g/mol. The molecule has 1 aliphatic rings. The molecule has 1 aromatic carbocycles. The molecule has 1 aliphatic carbocycles. The number of ether oxygens (including phenoxy) is 1. The molecular formula is C17H16F3NO2S. The Hall–Kier alpha value is -2.02. The number of alkyl halides is 3. The summed E-state index contributed by atoms with van der Waals surface area (Å²) in [6.07, 6.45) is -4.21. The van der Waals surface area contributed by atoms with E-state index in [2.05, 4.69) is 0 Å². The lowest BCUT2D eigenvalue weighted by Gasteiger charge is -2.24. The van der Waals surface area contributed by atoms with Crippen LogP contribution in [0.25, 0.3) is 0 Å². The maximum atomic E-state index is 13.0. The molecule has 7 heteroatoms. The smallest absolute Gasteiger partial charge is 0.417 e. The summed E-state index contributed by atoms with van der Waals surface area (Å²) >= 11 is 1.11. The number of fused-ring (bicyclic) bond motifs is 1. The zero-order valence-electron chi connectivity index (χ0n) is 13.0. The molecule has 0 saturated carbocycles. The molecule has 0 radical (unpaired) electrons. The normalized spacial score (nSPS) is 16.8. The molecule has 1 aromatic heterocycles. The zero-order valence-corrected chi connectivity index (χ0v) is 13.8. The summed E-state index contributed by atoms with van der Waals surface area (Å²) in [4.78, 5) is 14.2. The number of amides is 1. The van der Waals surface area contributed by atoms with E-state index in [0.29, 0.717) is 16.9 Å². The number of benzene rings is 1. The number of carbonyl (C=O) groups excluding carboxylic acids is 1. The van der Waals surface area contributed by atoms with Crippen LogP contribution in [0.5, 0.6) is 0 Å². The number of hydrogen-bond donors (Lipinski definition) is 0. The molecule has 0 aliphatic heterocycles. The Labute approximate surface area is 141 Å². The molecule has 24 heavy (non-hydrogen) atoms. The Morgan fingerprint density at radius 2 is 2.00 bits per heavy atom. The Balaban J connectivity index is 1.61. The van der Waals surface area contributed by atoms with Gasteiger partial charge in [-0.3, -0.25) is 0 Å². The predicted octanol–water partition coefficient (Wildman–Crippen LogP) is 4.50. The number of hydrogen-bond acceptors (Lipinski definition) is 3. The van der Waals surface area contributed by atoms with E-state index in [-0.39, 0.29) is 19.1 Å². The van der Waals surface area contributed by atoms with Gasteiger partial charge < -0.3 is 9.64 Å². The van der Waals surface area contributed by atoms with Crippen LogP contribution in [0.4, 0.5) is 18.0 Å². The van der Waals surface area contributed by atoms with E-state index in [1.54, 1.807) is 7.05 Å². The summed E-state index contributed by atoms with van der Waals surface area (Å²) in [5.74, 6) is 0. The van der Waals surface area contributed by atoms with E-state index in [1.165, 1.54) is 4.90 Å². The monoisotopic (exact) mass is 355 g/mol. The number of likely N-dealkylation sites (N-methyl/N-ethyl adjacent to an activating group) is 1. The van der Waals surface area contributed by atoms with E-state index >= 15 is 0 Å². The van der Waals surface area contributed by atoms with Crippen molar-refractivity contribution in [2.24, 2.45) is 0 Å². The van der Waals surface area contributed by atoms with Crippen LogP contribution >= 0.6 is 11.3 Å². The first kappa shape index (κ1) is 16.8. The Bertz CT molecular complexity index is 727. The maximum absolute atomic E-state index is 13.0. The van der Waals surface area contributed by atoms with Gasteiger partial charge in [-0.15, -0.1) is 11.3 Å². The maximum Gasteiger partial charge on any atom is 0.417 e. The molecule has 0 fully saturated rings. The van der Waals surface area contributed by atoms with Gasteiger partial charge in [0.25, 0.3) is 0 Å². The molecule has 0 saturated heterocycles. The van der Waals surface area contributed by atoms with Crippen molar-refractivity contribution in [2.75, 3.05) is 7.05 Å². The molecule has 128 valence electrons. The molecule has 0 bridgehead atoms. The molecule has 3 nitrogen and oxygen atoms in total. The zero-order chi connectivity index (χ0) is 17.3. The van der Waals surface area contributed by atoms with E-state index in [0.717, 1.165) is 22.3 Å². The Morgan fingerprint density at radius 3 is 2.67 bits per heavy atom. The highest BCUT2D eigenvalue weighted by Gasteiger charge is 2.40. The third-order valence-electron chi connectivity index (χ3n) is 4.19. The fourth-order valence-corrected chi connectivity index (χ4v) is 3.98. The number of nitrogens with zero attached hydrogens (tertiary/aromatic N) is 1. The van der Waals surface area contributed by atoms with Crippen LogP contribution < -0.4 is 0 Å². The van der Waals surface area contributed by atoms with Gasteiger partial charge >= 0.3 is 12.3 Å². The minimum absolute atomic E-state index is 0.145. The average molecular weight is 355 g/mol. The van der Waals surface area contributed by atoms with E-state index in [9.17, 15) is 18.0 Å². The summed E-state index contributed by atoms with van der Waals surface area (Å²) in [5.41, 5.74) is 0.611. The van der Waals surface area contributed by atoms with Crippen molar-refractivity contribution >= 4 is 17.4 Å². The van der Waals surface area contributed by atoms with Crippen molar-refractivity contribution in [3.63, 3.8) is 0 Å². The van der Waals surface area contributed by atoms with Gasteiger partial charge in [-0.1, -0.05) is 30.3 Å². The van der Waals surface area contributed by atoms with Crippen LogP contribution in [0.1, 0.15) is 21.6 Å². The molecule has 0 N–H and O–H groups in total. The fraction of sp³-hybridized carbons (Fsp3) is 0.353. The number of rotatable bonds is 3. The van der Waals surface area contributed by atoms with Crippen LogP contribution in [0.2, 0.25) is 0 Å². The van der Waals surface area contributed by atoms with E-state index in [4.69, 9.17) is 4.74 Å². The van der Waals surface area contributed by atoms with Crippen molar-refractivity contribution < 1.29 is 22.7 Å². The minimum Gasteiger partial charge on any atom is -0.445 e. The quantitative estimate of drug-likeness (QED) is 0.811. The second-order valence-electron chi connectivity index (χ2n) is 5.76. The van der Waals surface area contributed by atoms with E-state index in [1.807, 2.05) is 30.3 Å². The minimum atomic E-state index is -4.34.